The first-order valence-corrected chi connectivity index (χ1v) is 8.17. The van der Waals surface area contributed by atoms with Crippen molar-refractivity contribution in [1.29, 1.82) is 0 Å². The number of hydrogen-bond donors (Lipinski definition) is 2. The molecule has 0 aromatic heterocycles. The molecule has 1 aliphatic carbocycles. The first kappa shape index (κ1) is 18.0. The number of nitrogens with zero attached hydrogens (tertiary/aromatic N) is 1. The Bertz CT molecular complexity index is 657. The highest BCUT2D eigenvalue weighted by Gasteiger charge is 2.39. The van der Waals surface area contributed by atoms with Gasteiger partial charge < -0.3 is 15.5 Å². The number of anilines is 1. The number of carbonyl (C=O) groups is 3. The van der Waals surface area contributed by atoms with Crippen molar-refractivity contribution in [2.45, 2.75) is 27.2 Å². The Kier molecular flexibility index (Phi) is 5.59. The van der Waals surface area contributed by atoms with Gasteiger partial charge in [-0.1, -0.05) is 19.1 Å². The number of likely N-dealkylation sites (N-methyl/N-ethyl adjacent to an activating group) is 1. The Morgan fingerprint density at radius 2 is 1.92 bits per heavy atom. The molecule has 0 unspecified atom stereocenters. The predicted molar refractivity (Wildman–Crippen MR) is 92.5 cm³/mol. The van der Waals surface area contributed by atoms with Gasteiger partial charge in [-0.25, -0.2) is 0 Å². The molecule has 1 aromatic carbocycles. The van der Waals surface area contributed by atoms with E-state index in [1.165, 1.54) is 4.90 Å². The van der Waals surface area contributed by atoms with Gasteiger partial charge in [0.15, 0.2) is 0 Å². The summed E-state index contributed by atoms with van der Waals surface area (Å²) in [4.78, 5) is 37.1. The van der Waals surface area contributed by atoms with Crippen LogP contribution in [-0.2, 0) is 14.4 Å². The molecule has 3 amide bonds. The molecule has 24 heavy (non-hydrogen) atoms. The average Bonchev–Trinajstić information content (AvgIpc) is 3.26. The highest BCUT2D eigenvalue weighted by Crippen LogP contribution is 2.37. The molecular weight excluding hydrogens is 306 g/mol. The van der Waals surface area contributed by atoms with Gasteiger partial charge in [0, 0.05) is 18.7 Å². The van der Waals surface area contributed by atoms with Gasteiger partial charge in [-0.3, -0.25) is 14.4 Å². The minimum atomic E-state index is -0.284. The van der Waals surface area contributed by atoms with E-state index in [4.69, 9.17) is 0 Å². The van der Waals surface area contributed by atoms with Crippen LogP contribution in [0.5, 0.6) is 0 Å². The molecule has 0 aliphatic heterocycles. The molecule has 130 valence electrons. The Hall–Kier alpha value is -2.37. The van der Waals surface area contributed by atoms with Gasteiger partial charge in [-0.2, -0.15) is 0 Å². The molecule has 1 aliphatic rings. The molecule has 2 rings (SSSR count). The minimum absolute atomic E-state index is 0.0377. The van der Waals surface area contributed by atoms with Crippen LogP contribution in [0.4, 0.5) is 5.69 Å². The van der Waals surface area contributed by atoms with Crippen molar-refractivity contribution in [3.63, 3.8) is 0 Å². The second-order valence-electron chi connectivity index (χ2n) is 6.58. The monoisotopic (exact) mass is 331 g/mol. The maximum atomic E-state index is 12.1. The summed E-state index contributed by atoms with van der Waals surface area (Å²) >= 11 is 0. The summed E-state index contributed by atoms with van der Waals surface area (Å²) in [5.74, 6) is -0.185. The first-order valence-electron chi connectivity index (χ1n) is 8.17. The Balaban J connectivity index is 1.79. The van der Waals surface area contributed by atoms with Crippen LogP contribution in [0.1, 0.15) is 24.5 Å². The fourth-order valence-corrected chi connectivity index (χ4v) is 2.50. The summed E-state index contributed by atoms with van der Waals surface area (Å²) in [7, 11) is 1.55. The average molecular weight is 331 g/mol. The van der Waals surface area contributed by atoms with Crippen molar-refractivity contribution in [2.75, 3.05) is 25.5 Å². The number of amides is 3. The summed E-state index contributed by atoms with van der Waals surface area (Å²) in [6, 6.07) is 5.68. The van der Waals surface area contributed by atoms with Crippen LogP contribution >= 0.6 is 0 Å². The summed E-state index contributed by atoms with van der Waals surface area (Å²) in [5.41, 5.74) is 2.84. The maximum Gasteiger partial charge on any atom is 0.243 e. The number of benzene rings is 1. The molecule has 6 heteroatoms. The van der Waals surface area contributed by atoms with Crippen LogP contribution in [0.2, 0.25) is 0 Å². The molecule has 0 bridgehead atoms. The maximum absolute atomic E-state index is 12.1. The van der Waals surface area contributed by atoms with Gasteiger partial charge in [0.1, 0.15) is 0 Å². The predicted octanol–water partition coefficient (Wildman–Crippen LogP) is 1.47. The smallest absolute Gasteiger partial charge is 0.243 e. The van der Waals surface area contributed by atoms with Gasteiger partial charge in [0.25, 0.3) is 0 Å². The van der Waals surface area contributed by atoms with Crippen LogP contribution in [0.25, 0.3) is 0 Å². The Morgan fingerprint density at radius 1 is 1.25 bits per heavy atom. The normalized spacial score (nSPS) is 18.7. The van der Waals surface area contributed by atoms with E-state index in [1.807, 2.05) is 39.0 Å². The lowest BCUT2D eigenvalue weighted by Gasteiger charge is -2.18. The Morgan fingerprint density at radius 3 is 2.54 bits per heavy atom. The molecule has 2 atom stereocenters. The zero-order valence-electron chi connectivity index (χ0n) is 14.7. The van der Waals surface area contributed by atoms with Crippen LogP contribution in [-0.4, -0.2) is 42.8 Å². The van der Waals surface area contributed by atoms with E-state index in [0.717, 1.165) is 23.2 Å². The lowest BCUT2D eigenvalue weighted by Crippen LogP contribution is -2.42. The number of aryl methyl sites for hydroxylation is 1. The van der Waals surface area contributed by atoms with Crippen LogP contribution in [0.3, 0.4) is 0 Å². The van der Waals surface area contributed by atoms with Gasteiger partial charge in [-0.05, 0) is 43.4 Å². The van der Waals surface area contributed by atoms with E-state index in [2.05, 4.69) is 10.6 Å². The fraction of sp³-hybridized carbons (Fsp3) is 0.500. The molecule has 0 saturated heterocycles. The lowest BCUT2D eigenvalue weighted by molar-refractivity contribution is -0.134. The van der Waals surface area contributed by atoms with Crippen LogP contribution in [0.15, 0.2) is 18.2 Å². The molecule has 0 spiro atoms. The summed E-state index contributed by atoms with van der Waals surface area (Å²) in [6.07, 6.45) is 0.883. The molecule has 1 saturated carbocycles. The van der Waals surface area contributed by atoms with Crippen molar-refractivity contribution in [2.24, 2.45) is 11.8 Å². The Labute approximate surface area is 142 Å². The minimum Gasteiger partial charge on any atom is -0.347 e. The van der Waals surface area contributed by atoms with Crippen LogP contribution < -0.4 is 10.6 Å². The molecule has 2 N–H and O–H groups in total. The molecule has 0 radical (unpaired) electrons. The third kappa shape index (κ3) is 4.57. The number of nitrogens with one attached hydrogen (secondary N) is 2. The highest BCUT2D eigenvalue weighted by molar-refractivity contribution is 5.96. The molecule has 1 aromatic rings. The summed E-state index contributed by atoms with van der Waals surface area (Å²) < 4.78 is 0. The largest absolute Gasteiger partial charge is 0.347 e. The SMILES string of the molecule is Cc1cccc(NC(=O)CN(C)C(=O)CNC(=O)[C@H]2C[C@@H]2C)c1C. The van der Waals surface area contributed by atoms with E-state index < -0.39 is 0 Å². The van der Waals surface area contributed by atoms with E-state index >= 15 is 0 Å². The van der Waals surface area contributed by atoms with Crippen LogP contribution in [0, 0.1) is 25.7 Å². The second kappa shape index (κ2) is 7.47. The lowest BCUT2D eigenvalue weighted by atomic mass is 10.1. The van der Waals surface area contributed by atoms with Gasteiger partial charge in [-0.15, -0.1) is 0 Å². The van der Waals surface area contributed by atoms with Gasteiger partial charge in [0.05, 0.1) is 13.1 Å². The topological polar surface area (TPSA) is 78.5 Å². The molecule has 6 nitrogen and oxygen atoms in total. The number of rotatable bonds is 6. The fourth-order valence-electron chi connectivity index (χ4n) is 2.50. The first-order chi connectivity index (χ1) is 11.3. The van der Waals surface area contributed by atoms with Gasteiger partial charge >= 0.3 is 0 Å². The van der Waals surface area contributed by atoms with E-state index in [0.29, 0.717) is 5.92 Å². The number of carbonyl (C=O) groups excluding carboxylic acids is 3. The van der Waals surface area contributed by atoms with Crippen molar-refractivity contribution < 1.29 is 14.4 Å². The third-order valence-corrected chi connectivity index (χ3v) is 4.55. The van der Waals surface area contributed by atoms with Crippen molar-refractivity contribution in [3.8, 4) is 0 Å². The zero-order valence-corrected chi connectivity index (χ0v) is 14.7. The second-order valence-corrected chi connectivity index (χ2v) is 6.58. The molecule has 0 heterocycles. The van der Waals surface area contributed by atoms with E-state index in [-0.39, 0.29) is 36.7 Å². The van der Waals surface area contributed by atoms with Crippen molar-refractivity contribution in [1.82, 2.24) is 10.2 Å². The number of hydrogen-bond acceptors (Lipinski definition) is 3. The van der Waals surface area contributed by atoms with Gasteiger partial charge in [0.2, 0.25) is 17.7 Å². The quantitative estimate of drug-likeness (QED) is 0.828. The standard InChI is InChI=1S/C18H25N3O3/c1-11-6-5-7-15(13(11)3)20-16(22)10-21(4)17(23)9-19-18(24)14-8-12(14)2/h5-7,12,14H,8-10H2,1-4H3,(H,19,24)(H,20,22)/t12-,14-/m0/s1. The summed E-state index contributed by atoms with van der Waals surface area (Å²) in [5, 5.41) is 5.45. The molecular formula is C18H25N3O3. The zero-order chi connectivity index (χ0) is 17.9. The molecule has 1 fully saturated rings. The van der Waals surface area contributed by atoms with E-state index in [1.54, 1.807) is 7.05 Å². The van der Waals surface area contributed by atoms with Crippen molar-refractivity contribution in [3.05, 3.63) is 29.3 Å². The van der Waals surface area contributed by atoms with Crippen molar-refractivity contribution >= 4 is 23.4 Å². The summed E-state index contributed by atoms with van der Waals surface area (Å²) in [6.45, 7) is 5.80. The highest BCUT2D eigenvalue weighted by atomic mass is 16.2. The van der Waals surface area contributed by atoms with E-state index in [9.17, 15) is 14.4 Å². The third-order valence-electron chi connectivity index (χ3n) is 4.55.